The molecule has 22 heavy (non-hydrogen) atoms. The lowest BCUT2D eigenvalue weighted by Crippen LogP contribution is -2.36. The Morgan fingerprint density at radius 2 is 2.05 bits per heavy atom. The Morgan fingerprint density at radius 1 is 1.23 bits per heavy atom. The predicted octanol–water partition coefficient (Wildman–Crippen LogP) is 2.40. The van der Waals surface area contributed by atoms with Gasteiger partial charge in [0.25, 0.3) is 0 Å². The molecule has 2 fully saturated rings. The molecule has 0 aliphatic carbocycles. The van der Waals surface area contributed by atoms with Gasteiger partial charge in [-0.3, -0.25) is 4.79 Å². The molecule has 0 radical (unpaired) electrons. The lowest BCUT2D eigenvalue weighted by Gasteiger charge is -2.27. The van der Waals surface area contributed by atoms with Gasteiger partial charge < -0.3 is 19.1 Å². The second-order valence-electron chi connectivity index (χ2n) is 5.86. The van der Waals surface area contributed by atoms with Gasteiger partial charge in [-0.15, -0.1) is 0 Å². The van der Waals surface area contributed by atoms with Crippen LogP contribution in [0.25, 0.3) is 0 Å². The molecule has 2 atom stereocenters. The maximum Gasteiger partial charge on any atom is 0.228 e. The van der Waals surface area contributed by atoms with Crippen molar-refractivity contribution >= 4 is 5.91 Å². The first kappa shape index (κ1) is 15.2. The molecule has 0 saturated carbocycles. The van der Waals surface area contributed by atoms with Crippen molar-refractivity contribution in [3.8, 4) is 11.5 Å². The van der Waals surface area contributed by atoms with Crippen LogP contribution in [0, 0.1) is 5.92 Å². The molecule has 1 aromatic rings. The van der Waals surface area contributed by atoms with Gasteiger partial charge in [-0.1, -0.05) is 6.07 Å². The summed E-state index contributed by atoms with van der Waals surface area (Å²) in [6.45, 7) is 2.09. The maximum atomic E-state index is 12.7. The lowest BCUT2D eigenvalue weighted by molar-refractivity contribution is -0.136. The summed E-state index contributed by atoms with van der Waals surface area (Å²) in [5, 5.41) is 0. The minimum atomic E-state index is 0.0285. The Labute approximate surface area is 131 Å². The molecule has 0 spiro atoms. The van der Waals surface area contributed by atoms with Gasteiger partial charge in [0.05, 0.1) is 32.8 Å². The van der Waals surface area contributed by atoms with Gasteiger partial charge in [-0.2, -0.15) is 0 Å². The summed E-state index contributed by atoms with van der Waals surface area (Å²) >= 11 is 0. The van der Waals surface area contributed by atoms with Crippen molar-refractivity contribution in [1.29, 1.82) is 0 Å². The van der Waals surface area contributed by atoms with Crippen molar-refractivity contribution in [3.63, 3.8) is 0 Å². The van der Waals surface area contributed by atoms with Crippen LogP contribution in [0.5, 0.6) is 11.5 Å². The number of hydrogen-bond donors (Lipinski definition) is 0. The Balaban J connectivity index is 1.82. The van der Waals surface area contributed by atoms with Gasteiger partial charge in [-0.05, 0) is 37.0 Å². The molecule has 120 valence electrons. The molecule has 1 amide bonds. The van der Waals surface area contributed by atoms with E-state index in [2.05, 4.69) is 0 Å². The number of benzene rings is 1. The fraction of sp³-hybridized carbons (Fsp3) is 0.588. The third-order valence-electron chi connectivity index (χ3n) is 4.61. The van der Waals surface area contributed by atoms with Crippen LogP contribution in [-0.4, -0.2) is 44.8 Å². The number of carbonyl (C=O) groups excluding carboxylic acids is 1. The normalized spacial score (nSPS) is 24.5. The van der Waals surface area contributed by atoms with Crippen LogP contribution in [0.4, 0.5) is 0 Å². The van der Waals surface area contributed by atoms with Gasteiger partial charge in [0.1, 0.15) is 0 Å². The first-order valence-electron chi connectivity index (χ1n) is 7.84. The van der Waals surface area contributed by atoms with E-state index in [1.807, 2.05) is 23.1 Å². The van der Waals surface area contributed by atoms with Gasteiger partial charge in [0.2, 0.25) is 5.91 Å². The fourth-order valence-corrected chi connectivity index (χ4v) is 3.40. The third-order valence-corrected chi connectivity index (χ3v) is 4.61. The molecular formula is C17H23NO4. The molecule has 0 bridgehead atoms. The number of hydrogen-bond acceptors (Lipinski definition) is 4. The van der Waals surface area contributed by atoms with Crippen molar-refractivity contribution in [2.75, 3.05) is 34.0 Å². The highest BCUT2D eigenvalue weighted by molar-refractivity contribution is 5.80. The van der Waals surface area contributed by atoms with E-state index in [-0.39, 0.29) is 17.9 Å². The van der Waals surface area contributed by atoms with E-state index in [0.29, 0.717) is 24.7 Å². The average Bonchev–Trinajstić information content (AvgIpc) is 3.24. The summed E-state index contributed by atoms with van der Waals surface area (Å²) in [5.41, 5.74) is 1.11. The number of ether oxygens (including phenoxy) is 3. The van der Waals surface area contributed by atoms with Crippen LogP contribution >= 0.6 is 0 Å². The maximum absolute atomic E-state index is 12.7. The monoisotopic (exact) mass is 305 g/mol. The summed E-state index contributed by atoms with van der Waals surface area (Å²) < 4.78 is 16.0. The Bertz CT molecular complexity index is 539. The molecule has 5 heteroatoms. The van der Waals surface area contributed by atoms with Crippen LogP contribution in [0.2, 0.25) is 0 Å². The van der Waals surface area contributed by atoms with Crippen molar-refractivity contribution in [2.45, 2.75) is 25.3 Å². The zero-order valence-electron chi connectivity index (χ0n) is 13.2. The molecule has 1 aromatic carbocycles. The van der Waals surface area contributed by atoms with Crippen LogP contribution in [0.15, 0.2) is 18.2 Å². The number of nitrogens with zero attached hydrogens (tertiary/aromatic N) is 1. The van der Waals surface area contributed by atoms with Crippen LogP contribution in [-0.2, 0) is 9.53 Å². The van der Waals surface area contributed by atoms with Crippen LogP contribution < -0.4 is 9.47 Å². The molecule has 0 N–H and O–H groups in total. The molecule has 0 aromatic heterocycles. The van der Waals surface area contributed by atoms with Gasteiger partial charge in [0, 0.05) is 13.2 Å². The van der Waals surface area contributed by atoms with Crippen molar-refractivity contribution < 1.29 is 19.0 Å². The van der Waals surface area contributed by atoms with Crippen LogP contribution in [0.3, 0.4) is 0 Å². The van der Waals surface area contributed by atoms with Gasteiger partial charge in [0.15, 0.2) is 11.5 Å². The van der Waals surface area contributed by atoms with Crippen molar-refractivity contribution in [1.82, 2.24) is 4.90 Å². The highest BCUT2D eigenvalue weighted by Gasteiger charge is 2.35. The predicted molar refractivity (Wildman–Crippen MR) is 82.2 cm³/mol. The zero-order chi connectivity index (χ0) is 15.5. The molecule has 2 aliphatic rings. The van der Waals surface area contributed by atoms with Gasteiger partial charge in [-0.25, -0.2) is 0 Å². The Morgan fingerprint density at radius 3 is 2.73 bits per heavy atom. The summed E-state index contributed by atoms with van der Waals surface area (Å²) in [4.78, 5) is 14.7. The fourth-order valence-electron chi connectivity index (χ4n) is 3.40. The van der Waals surface area contributed by atoms with E-state index >= 15 is 0 Å². The molecule has 2 saturated heterocycles. The highest BCUT2D eigenvalue weighted by atomic mass is 16.5. The zero-order valence-corrected chi connectivity index (χ0v) is 13.2. The Kier molecular flexibility index (Phi) is 4.52. The van der Waals surface area contributed by atoms with Crippen LogP contribution in [0.1, 0.15) is 30.9 Å². The molecule has 3 rings (SSSR count). The summed E-state index contributed by atoms with van der Waals surface area (Å²) in [7, 11) is 3.26. The highest BCUT2D eigenvalue weighted by Crippen LogP contribution is 2.38. The smallest absolute Gasteiger partial charge is 0.228 e. The number of carbonyl (C=O) groups is 1. The second kappa shape index (κ2) is 6.57. The third kappa shape index (κ3) is 2.77. The number of amides is 1. The minimum absolute atomic E-state index is 0.0285. The average molecular weight is 305 g/mol. The van der Waals surface area contributed by atoms with Crippen molar-refractivity contribution in [2.24, 2.45) is 5.92 Å². The van der Waals surface area contributed by atoms with Gasteiger partial charge >= 0.3 is 0 Å². The summed E-state index contributed by atoms with van der Waals surface area (Å²) in [6.07, 6.45) is 2.88. The van der Waals surface area contributed by atoms with E-state index < -0.39 is 0 Å². The number of likely N-dealkylation sites (tertiary alicyclic amines) is 1. The molecule has 2 heterocycles. The van der Waals surface area contributed by atoms with E-state index in [1.54, 1.807) is 14.2 Å². The lowest BCUT2D eigenvalue weighted by atomic mass is 10.0. The van der Waals surface area contributed by atoms with E-state index in [1.165, 1.54) is 0 Å². The largest absolute Gasteiger partial charge is 0.493 e. The first-order chi connectivity index (χ1) is 10.7. The molecule has 0 unspecified atom stereocenters. The summed E-state index contributed by atoms with van der Waals surface area (Å²) in [5.74, 6) is 1.69. The Hall–Kier alpha value is -1.75. The SMILES string of the molecule is COc1ccc([C@@H]2CCCN2C(=O)[C@@H]2CCOC2)cc1OC. The van der Waals surface area contributed by atoms with E-state index in [4.69, 9.17) is 14.2 Å². The number of methoxy groups -OCH3 is 2. The summed E-state index contributed by atoms with van der Waals surface area (Å²) in [6, 6.07) is 6.06. The first-order valence-corrected chi connectivity index (χ1v) is 7.84. The molecule has 5 nitrogen and oxygen atoms in total. The molecular weight excluding hydrogens is 282 g/mol. The molecule has 2 aliphatic heterocycles. The topological polar surface area (TPSA) is 48.0 Å². The quantitative estimate of drug-likeness (QED) is 0.857. The number of rotatable bonds is 4. The second-order valence-corrected chi connectivity index (χ2v) is 5.86. The van der Waals surface area contributed by atoms with Crippen molar-refractivity contribution in [3.05, 3.63) is 23.8 Å². The minimum Gasteiger partial charge on any atom is -0.493 e. The van der Waals surface area contributed by atoms with E-state index in [9.17, 15) is 4.79 Å². The standard InChI is InChI=1S/C17H23NO4/c1-20-15-6-5-12(10-16(15)21-2)14-4-3-8-18(14)17(19)13-7-9-22-11-13/h5-6,10,13-14H,3-4,7-9,11H2,1-2H3/t13-,14+/m1/s1. The van der Waals surface area contributed by atoms with E-state index in [0.717, 1.165) is 31.4 Å².